The highest BCUT2D eigenvalue weighted by atomic mass is 15.1. The zero-order valence-corrected chi connectivity index (χ0v) is 8.70. The van der Waals surface area contributed by atoms with Crippen LogP contribution in [0.4, 0.5) is 5.69 Å². The normalized spacial score (nSPS) is 11.1. The average molecular weight is 190 g/mol. The van der Waals surface area contributed by atoms with Crippen LogP contribution in [0.1, 0.15) is 18.2 Å². The van der Waals surface area contributed by atoms with E-state index < -0.39 is 0 Å². The molecule has 14 heavy (non-hydrogen) atoms. The van der Waals surface area contributed by atoms with E-state index in [2.05, 4.69) is 16.9 Å². The van der Waals surface area contributed by atoms with Crippen LogP contribution in [-0.2, 0) is 13.5 Å². The molecule has 74 valence electrons. The van der Waals surface area contributed by atoms with Gasteiger partial charge in [0.15, 0.2) is 5.65 Å². The first-order valence-electron chi connectivity index (χ1n) is 4.71. The number of aromatic nitrogens is 3. The van der Waals surface area contributed by atoms with Crippen LogP contribution >= 0.6 is 0 Å². The molecule has 0 unspecified atom stereocenters. The topological polar surface area (TPSA) is 56.7 Å². The number of hydrogen-bond donors (Lipinski definition) is 1. The number of anilines is 1. The van der Waals surface area contributed by atoms with E-state index >= 15 is 0 Å². The van der Waals surface area contributed by atoms with Gasteiger partial charge in [0.2, 0.25) is 0 Å². The van der Waals surface area contributed by atoms with Crippen molar-refractivity contribution in [2.45, 2.75) is 20.3 Å². The van der Waals surface area contributed by atoms with Gasteiger partial charge in [0.05, 0.1) is 12.0 Å². The van der Waals surface area contributed by atoms with Gasteiger partial charge < -0.3 is 10.3 Å². The Kier molecular flexibility index (Phi) is 1.91. The summed E-state index contributed by atoms with van der Waals surface area (Å²) in [5.41, 5.74) is 10.6. The van der Waals surface area contributed by atoms with E-state index in [9.17, 15) is 0 Å². The van der Waals surface area contributed by atoms with Crippen LogP contribution < -0.4 is 5.73 Å². The molecule has 2 heterocycles. The minimum absolute atomic E-state index is 0.774. The van der Waals surface area contributed by atoms with Crippen molar-refractivity contribution in [1.82, 2.24) is 14.5 Å². The zero-order chi connectivity index (χ0) is 10.3. The van der Waals surface area contributed by atoms with E-state index in [1.165, 1.54) is 0 Å². The Morgan fingerprint density at radius 3 is 2.86 bits per heavy atom. The van der Waals surface area contributed by atoms with Gasteiger partial charge in [0, 0.05) is 12.7 Å². The number of imidazole rings is 1. The number of rotatable bonds is 1. The van der Waals surface area contributed by atoms with Crippen molar-refractivity contribution in [2.24, 2.45) is 7.05 Å². The molecule has 0 aliphatic heterocycles. The van der Waals surface area contributed by atoms with Crippen molar-refractivity contribution in [1.29, 1.82) is 0 Å². The lowest BCUT2D eigenvalue weighted by Gasteiger charge is -2.07. The monoisotopic (exact) mass is 190 g/mol. The smallest absolute Gasteiger partial charge is 0.161 e. The number of aryl methyl sites for hydroxylation is 2. The fraction of sp³-hybridized carbons (Fsp3) is 0.400. The van der Waals surface area contributed by atoms with Gasteiger partial charge in [-0.15, -0.1) is 0 Å². The standard InChI is InChI=1S/C10H14N4/c1-4-7-6(2)13-10-9(8(7)11)12-5-14(10)3/h5H,4H2,1-3H3,(H2,11,13). The third-order valence-corrected chi connectivity index (χ3v) is 2.55. The third kappa shape index (κ3) is 1.07. The van der Waals surface area contributed by atoms with Gasteiger partial charge in [0.25, 0.3) is 0 Å². The summed E-state index contributed by atoms with van der Waals surface area (Å²) in [4.78, 5) is 8.73. The lowest BCUT2D eigenvalue weighted by molar-refractivity contribution is 0.923. The number of nitrogens with zero attached hydrogens (tertiary/aromatic N) is 3. The van der Waals surface area contributed by atoms with Crippen LogP contribution in [0.5, 0.6) is 0 Å². The first kappa shape index (κ1) is 8.99. The lowest BCUT2D eigenvalue weighted by atomic mass is 10.1. The van der Waals surface area contributed by atoms with Crippen LogP contribution in [0.25, 0.3) is 11.2 Å². The molecule has 4 heteroatoms. The van der Waals surface area contributed by atoms with Crippen LogP contribution in [0, 0.1) is 6.92 Å². The molecule has 0 saturated carbocycles. The molecular formula is C10H14N4. The summed E-state index contributed by atoms with van der Waals surface area (Å²) in [5, 5.41) is 0. The molecule has 0 amide bonds. The molecule has 0 saturated heterocycles. The maximum absolute atomic E-state index is 6.03. The van der Waals surface area contributed by atoms with Crippen molar-refractivity contribution >= 4 is 16.9 Å². The summed E-state index contributed by atoms with van der Waals surface area (Å²) in [7, 11) is 1.92. The predicted molar refractivity (Wildman–Crippen MR) is 57.0 cm³/mol. The molecule has 2 rings (SSSR count). The lowest BCUT2D eigenvalue weighted by Crippen LogP contribution is -2.01. The van der Waals surface area contributed by atoms with Crippen LogP contribution in [0.2, 0.25) is 0 Å². The molecule has 0 fully saturated rings. The Morgan fingerprint density at radius 2 is 2.21 bits per heavy atom. The number of fused-ring (bicyclic) bond motifs is 1. The quantitative estimate of drug-likeness (QED) is 0.740. The minimum atomic E-state index is 0.774. The van der Waals surface area contributed by atoms with Crippen LogP contribution in [-0.4, -0.2) is 14.5 Å². The highest BCUT2D eigenvalue weighted by molar-refractivity contribution is 5.86. The highest BCUT2D eigenvalue weighted by Gasteiger charge is 2.11. The molecule has 2 aromatic heterocycles. The van der Waals surface area contributed by atoms with Crippen molar-refractivity contribution in [3.8, 4) is 0 Å². The fourth-order valence-corrected chi connectivity index (χ4v) is 1.76. The summed E-state index contributed by atoms with van der Waals surface area (Å²) < 4.78 is 1.89. The van der Waals surface area contributed by atoms with Gasteiger partial charge in [-0.2, -0.15) is 0 Å². The molecule has 0 aromatic carbocycles. The number of hydrogen-bond acceptors (Lipinski definition) is 3. The maximum atomic E-state index is 6.03. The van der Waals surface area contributed by atoms with E-state index in [0.717, 1.165) is 34.5 Å². The van der Waals surface area contributed by atoms with Gasteiger partial charge in [-0.3, -0.25) is 0 Å². The molecule has 4 nitrogen and oxygen atoms in total. The molecular weight excluding hydrogens is 176 g/mol. The second-order valence-electron chi connectivity index (χ2n) is 3.47. The van der Waals surface area contributed by atoms with E-state index in [1.54, 1.807) is 6.33 Å². The summed E-state index contributed by atoms with van der Waals surface area (Å²) in [6.07, 6.45) is 2.64. The second-order valence-corrected chi connectivity index (χ2v) is 3.47. The van der Waals surface area contributed by atoms with Gasteiger partial charge in [-0.1, -0.05) is 6.92 Å². The number of nitrogen functional groups attached to an aromatic ring is 1. The molecule has 0 atom stereocenters. The molecule has 0 bridgehead atoms. The number of nitrogens with two attached hydrogens (primary N) is 1. The van der Waals surface area contributed by atoms with Crippen LogP contribution in [0.15, 0.2) is 6.33 Å². The van der Waals surface area contributed by atoms with E-state index in [0.29, 0.717) is 0 Å². The first-order valence-corrected chi connectivity index (χ1v) is 4.71. The van der Waals surface area contributed by atoms with Crippen LogP contribution in [0.3, 0.4) is 0 Å². The average Bonchev–Trinajstić information content (AvgIpc) is 2.49. The predicted octanol–water partition coefficient (Wildman–Crippen LogP) is 1.42. The maximum Gasteiger partial charge on any atom is 0.161 e. The molecule has 0 aliphatic carbocycles. The van der Waals surface area contributed by atoms with Crippen molar-refractivity contribution < 1.29 is 0 Å². The zero-order valence-electron chi connectivity index (χ0n) is 8.70. The minimum Gasteiger partial charge on any atom is -0.397 e. The summed E-state index contributed by atoms with van der Waals surface area (Å²) in [6, 6.07) is 0. The molecule has 0 radical (unpaired) electrons. The molecule has 0 aliphatic rings. The van der Waals surface area contributed by atoms with Gasteiger partial charge in [-0.25, -0.2) is 9.97 Å². The summed E-state index contributed by atoms with van der Waals surface area (Å²) >= 11 is 0. The fourth-order valence-electron chi connectivity index (χ4n) is 1.76. The Hall–Kier alpha value is -1.58. The van der Waals surface area contributed by atoms with Crippen molar-refractivity contribution in [3.63, 3.8) is 0 Å². The number of pyridine rings is 1. The second kappa shape index (κ2) is 2.97. The van der Waals surface area contributed by atoms with Gasteiger partial charge >= 0.3 is 0 Å². The largest absolute Gasteiger partial charge is 0.397 e. The van der Waals surface area contributed by atoms with Gasteiger partial charge in [-0.05, 0) is 18.9 Å². The van der Waals surface area contributed by atoms with E-state index in [4.69, 9.17) is 5.73 Å². The Bertz CT molecular complexity index is 484. The highest BCUT2D eigenvalue weighted by Crippen LogP contribution is 2.24. The van der Waals surface area contributed by atoms with Crippen molar-refractivity contribution in [3.05, 3.63) is 17.6 Å². The Balaban J connectivity index is 2.87. The Labute approximate surface area is 82.8 Å². The molecule has 0 spiro atoms. The van der Waals surface area contributed by atoms with E-state index in [1.807, 2.05) is 18.5 Å². The summed E-state index contributed by atoms with van der Waals surface area (Å²) in [6.45, 7) is 4.07. The summed E-state index contributed by atoms with van der Waals surface area (Å²) in [5.74, 6) is 0. The molecule has 2 aromatic rings. The SMILES string of the molecule is CCc1c(C)nc2c(ncn2C)c1N. The van der Waals surface area contributed by atoms with Crippen molar-refractivity contribution in [2.75, 3.05) is 5.73 Å². The molecule has 2 N–H and O–H groups in total. The Morgan fingerprint density at radius 1 is 1.50 bits per heavy atom. The van der Waals surface area contributed by atoms with E-state index in [-0.39, 0.29) is 0 Å². The third-order valence-electron chi connectivity index (χ3n) is 2.55. The van der Waals surface area contributed by atoms with Gasteiger partial charge in [0.1, 0.15) is 5.52 Å². The first-order chi connectivity index (χ1) is 6.65.